The van der Waals surface area contributed by atoms with Crippen LogP contribution in [0.25, 0.3) is 11.0 Å². The Kier molecular flexibility index (Phi) is 4.78. The molecule has 1 aromatic carbocycles. The first kappa shape index (κ1) is 20.4. The standard InChI is InChI=1S/C22H22ClN3O5/c1-21(2)30-16-19(26-10-9-14-17(23)24-12-25-18(14)26)29-15(22(16,3)31-21)11-28-20(27)13-7-5-4-6-8-13/h4-10,12,15-16,19H,11H2,1-3H3/t15-,16+,19?,22-/m1/s1. The highest BCUT2D eigenvalue weighted by Gasteiger charge is 2.64. The van der Waals surface area contributed by atoms with Crippen molar-refractivity contribution >= 4 is 28.6 Å². The first-order chi connectivity index (χ1) is 14.8. The lowest BCUT2D eigenvalue weighted by atomic mass is 9.95. The Labute approximate surface area is 184 Å². The zero-order valence-corrected chi connectivity index (χ0v) is 18.1. The van der Waals surface area contributed by atoms with Crippen molar-refractivity contribution in [3.8, 4) is 0 Å². The minimum Gasteiger partial charge on any atom is -0.459 e. The summed E-state index contributed by atoms with van der Waals surface area (Å²) in [6, 6.07) is 10.7. The fraction of sp³-hybridized carbons (Fsp3) is 0.409. The molecule has 0 saturated carbocycles. The molecule has 0 radical (unpaired) electrons. The molecule has 9 heteroatoms. The topological polar surface area (TPSA) is 84.7 Å². The van der Waals surface area contributed by atoms with E-state index in [2.05, 4.69) is 9.97 Å². The van der Waals surface area contributed by atoms with Crippen LogP contribution in [0.5, 0.6) is 0 Å². The van der Waals surface area contributed by atoms with Gasteiger partial charge in [-0.3, -0.25) is 0 Å². The molecule has 5 rings (SSSR count). The van der Waals surface area contributed by atoms with Gasteiger partial charge in [0, 0.05) is 6.20 Å². The molecule has 2 aromatic heterocycles. The predicted molar refractivity (Wildman–Crippen MR) is 112 cm³/mol. The molecule has 0 N–H and O–H groups in total. The molecule has 0 spiro atoms. The molecule has 2 aliphatic heterocycles. The quantitative estimate of drug-likeness (QED) is 0.448. The fourth-order valence-corrected chi connectivity index (χ4v) is 4.56. The average Bonchev–Trinajstić information content (AvgIpc) is 3.35. The second-order valence-corrected chi connectivity index (χ2v) is 8.69. The van der Waals surface area contributed by atoms with E-state index in [1.165, 1.54) is 6.33 Å². The molecule has 31 heavy (non-hydrogen) atoms. The highest BCUT2D eigenvalue weighted by molar-refractivity contribution is 6.33. The summed E-state index contributed by atoms with van der Waals surface area (Å²) < 4.78 is 26.3. The van der Waals surface area contributed by atoms with Crippen molar-refractivity contribution < 1.29 is 23.7 Å². The number of carbonyl (C=O) groups is 1. The summed E-state index contributed by atoms with van der Waals surface area (Å²) in [5.74, 6) is -1.24. The summed E-state index contributed by atoms with van der Waals surface area (Å²) >= 11 is 6.21. The van der Waals surface area contributed by atoms with E-state index in [0.717, 1.165) is 0 Å². The lowest BCUT2D eigenvalue weighted by Crippen LogP contribution is -2.45. The molecule has 162 valence electrons. The molecule has 0 bridgehead atoms. The molecule has 4 atom stereocenters. The summed E-state index contributed by atoms with van der Waals surface area (Å²) in [6.07, 6.45) is 1.70. The summed E-state index contributed by atoms with van der Waals surface area (Å²) in [6.45, 7) is 5.65. The Balaban J connectivity index is 1.44. The number of halogens is 1. The molecule has 2 saturated heterocycles. The van der Waals surface area contributed by atoms with Crippen molar-refractivity contribution in [3.05, 3.63) is 59.6 Å². The van der Waals surface area contributed by atoms with Crippen LogP contribution in [0.3, 0.4) is 0 Å². The number of benzene rings is 1. The van der Waals surface area contributed by atoms with E-state index in [4.69, 9.17) is 30.5 Å². The van der Waals surface area contributed by atoms with Gasteiger partial charge in [-0.1, -0.05) is 29.8 Å². The number of hydrogen-bond donors (Lipinski definition) is 0. The number of ether oxygens (including phenoxy) is 4. The SMILES string of the molecule is CC1(C)O[C@H]2C(n3ccc4c(Cl)ncnc43)O[C@H](COC(=O)c3ccccc3)[C@@]2(C)O1. The van der Waals surface area contributed by atoms with Crippen molar-refractivity contribution in [3.63, 3.8) is 0 Å². The van der Waals surface area contributed by atoms with Crippen molar-refractivity contribution in [1.29, 1.82) is 0 Å². The van der Waals surface area contributed by atoms with Gasteiger partial charge in [0.15, 0.2) is 12.0 Å². The zero-order chi connectivity index (χ0) is 21.8. The van der Waals surface area contributed by atoms with Crippen molar-refractivity contribution in [2.75, 3.05) is 6.61 Å². The van der Waals surface area contributed by atoms with Gasteiger partial charge in [-0.2, -0.15) is 0 Å². The Bertz CT molecular complexity index is 1130. The summed E-state index contributed by atoms with van der Waals surface area (Å²) in [5, 5.41) is 1.08. The Morgan fingerprint density at radius 1 is 1.19 bits per heavy atom. The van der Waals surface area contributed by atoms with Gasteiger partial charge in [0.05, 0.1) is 10.9 Å². The first-order valence-corrected chi connectivity index (χ1v) is 10.4. The number of nitrogens with zero attached hydrogens (tertiary/aromatic N) is 3. The summed E-state index contributed by atoms with van der Waals surface area (Å²) in [7, 11) is 0. The van der Waals surface area contributed by atoms with Gasteiger partial charge in [-0.05, 0) is 39.0 Å². The van der Waals surface area contributed by atoms with Crippen LogP contribution < -0.4 is 0 Å². The summed E-state index contributed by atoms with van der Waals surface area (Å²) in [5.41, 5.74) is 0.270. The molecular weight excluding hydrogens is 422 g/mol. The normalized spacial score (nSPS) is 29.2. The maximum absolute atomic E-state index is 12.5. The summed E-state index contributed by atoms with van der Waals surface area (Å²) in [4.78, 5) is 20.9. The minimum atomic E-state index is -0.835. The van der Waals surface area contributed by atoms with Gasteiger partial charge < -0.3 is 23.5 Å². The Hall–Kier alpha value is -2.52. The van der Waals surface area contributed by atoms with Crippen molar-refractivity contribution in [1.82, 2.24) is 14.5 Å². The van der Waals surface area contributed by atoms with Gasteiger partial charge in [-0.25, -0.2) is 14.8 Å². The van der Waals surface area contributed by atoms with Crippen LogP contribution in [-0.4, -0.2) is 50.7 Å². The van der Waals surface area contributed by atoms with E-state index >= 15 is 0 Å². The van der Waals surface area contributed by atoms with Gasteiger partial charge in [0.2, 0.25) is 0 Å². The van der Waals surface area contributed by atoms with Crippen LogP contribution in [0, 0.1) is 0 Å². The van der Waals surface area contributed by atoms with Crippen molar-refractivity contribution in [2.24, 2.45) is 0 Å². The van der Waals surface area contributed by atoms with Crippen LogP contribution in [0.2, 0.25) is 5.15 Å². The van der Waals surface area contributed by atoms with E-state index in [0.29, 0.717) is 21.7 Å². The number of esters is 1. The largest absolute Gasteiger partial charge is 0.459 e. The monoisotopic (exact) mass is 443 g/mol. The molecular formula is C22H22ClN3O5. The molecule has 3 aromatic rings. The van der Waals surface area contributed by atoms with Crippen LogP contribution in [0.15, 0.2) is 48.9 Å². The maximum Gasteiger partial charge on any atom is 0.338 e. The molecule has 2 fully saturated rings. The first-order valence-electron chi connectivity index (χ1n) is 10.0. The number of fused-ring (bicyclic) bond motifs is 2. The average molecular weight is 444 g/mol. The molecule has 2 aliphatic rings. The Morgan fingerprint density at radius 2 is 1.97 bits per heavy atom. The molecule has 1 unspecified atom stereocenters. The third-order valence-electron chi connectivity index (χ3n) is 5.75. The second kappa shape index (κ2) is 7.27. The maximum atomic E-state index is 12.5. The number of hydrogen-bond acceptors (Lipinski definition) is 7. The van der Waals surface area contributed by atoms with Gasteiger partial charge in [-0.15, -0.1) is 0 Å². The predicted octanol–water partition coefficient (Wildman–Crippen LogP) is 3.75. The minimum absolute atomic E-state index is 0.0195. The number of rotatable bonds is 4. The molecule has 0 aliphatic carbocycles. The third-order valence-corrected chi connectivity index (χ3v) is 6.05. The Morgan fingerprint density at radius 3 is 2.74 bits per heavy atom. The van der Waals surface area contributed by atoms with Crippen LogP contribution >= 0.6 is 11.6 Å². The smallest absolute Gasteiger partial charge is 0.338 e. The second-order valence-electron chi connectivity index (χ2n) is 8.33. The lowest BCUT2D eigenvalue weighted by Gasteiger charge is -2.29. The van der Waals surface area contributed by atoms with Gasteiger partial charge >= 0.3 is 5.97 Å². The zero-order valence-electron chi connectivity index (χ0n) is 17.3. The van der Waals surface area contributed by atoms with Gasteiger partial charge in [0.25, 0.3) is 0 Å². The number of aromatic nitrogens is 3. The number of carbonyl (C=O) groups excluding carboxylic acids is 1. The van der Waals surface area contributed by atoms with E-state index in [1.54, 1.807) is 24.3 Å². The van der Waals surface area contributed by atoms with Crippen LogP contribution in [0.1, 0.15) is 37.4 Å². The highest BCUT2D eigenvalue weighted by atomic mass is 35.5. The van der Waals surface area contributed by atoms with E-state index < -0.39 is 35.8 Å². The van der Waals surface area contributed by atoms with E-state index in [9.17, 15) is 4.79 Å². The van der Waals surface area contributed by atoms with Crippen LogP contribution in [0.4, 0.5) is 0 Å². The lowest BCUT2D eigenvalue weighted by molar-refractivity contribution is -0.214. The van der Waals surface area contributed by atoms with Crippen molar-refractivity contribution in [2.45, 2.75) is 50.6 Å². The molecule has 4 heterocycles. The third kappa shape index (κ3) is 3.40. The highest BCUT2D eigenvalue weighted by Crippen LogP contribution is 2.50. The fourth-order valence-electron chi connectivity index (χ4n) is 4.37. The van der Waals surface area contributed by atoms with E-state index in [1.807, 2.05) is 43.7 Å². The molecule has 8 nitrogen and oxygen atoms in total. The molecule has 0 amide bonds. The van der Waals surface area contributed by atoms with E-state index in [-0.39, 0.29) is 6.61 Å². The van der Waals surface area contributed by atoms with Gasteiger partial charge in [0.1, 0.15) is 41.5 Å². The van der Waals surface area contributed by atoms with Crippen LogP contribution in [-0.2, 0) is 18.9 Å².